The Morgan fingerprint density at radius 2 is 2.08 bits per heavy atom. The van der Waals surface area contributed by atoms with Gasteiger partial charge in [-0.05, 0) is 42.5 Å². The quantitative estimate of drug-likeness (QED) is 0.826. The van der Waals surface area contributed by atoms with Gasteiger partial charge in [-0.2, -0.15) is 0 Å². The van der Waals surface area contributed by atoms with Crippen molar-refractivity contribution in [3.05, 3.63) is 29.3 Å². The molecule has 2 amide bonds. The van der Waals surface area contributed by atoms with Crippen molar-refractivity contribution in [1.29, 1.82) is 0 Å². The molecule has 1 fully saturated rings. The number of piperidine rings is 1. The number of carbonyl (C=O) groups excluding carboxylic acids is 1. The van der Waals surface area contributed by atoms with Crippen molar-refractivity contribution < 1.29 is 18.3 Å². The van der Waals surface area contributed by atoms with Gasteiger partial charge < -0.3 is 15.3 Å². The van der Waals surface area contributed by atoms with Crippen LogP contribution in [-0.4, -0.2) is 60.7 Å². The molecule has 3 rings (SSSR count). The molecule has 0 radical (unpaired) electrons. The third kappa shape index (κ3) is 3.81. The zero-order chi connectivity index (χ0) is 17.3. The Balaban J connectivity index is 1.61. The van der Waals surface area contributed by atoms with Crippen LogP contribution in [0.25, 0.3) is 0 Å². The van der Waals surface area contributed by atoms with E-state index in [1.54, 1.807) is 17.0 Å². The molecule has 7 nitrogen and oxygen atoms in total. The van der Waals surface area contributed by atoms with E-state index in [4.69, 9.17) is 0 Å². The molecule has 1 aromatic rings. The highest BCUT2D eigenvalue weighted by Gasteiger charge is 2.29. The molecule has 2 heterocycles. The van der Waals surface area contributed by atoms with Crippen LogP contribution in [0.2, 0.25) is 0 Å². The van der Waals surface area contributed by atoms with Gasteiger partial charge in [0.1, 0.15) is 5.75 Å². The van der Waals surface area contributed by atoms with Gasteiger partial charge in [0, 0.05) is 32.2 Å². The average molecular weight is 353 g/mol. The second-order valence-electron chi connectivity index (χ2n) is 6.53. The van der Waals surface area contributed by atoms with Crippen molar-refractivity contribution in [1.82, 2.24) is 14.5 Å². The summed E-state index contributed by atoms with van der Waals surface area (Å²) in [6, 6.07) is 4.92. The number of fused-ring (bicyclic) bond motifs is 1. The first kappa shape index (κ1) is 17.0. The van der Waals surface area contributed by atoms with Crippen LogP contribution in [0.3, 0.4) is 0 Å². The Hall–Kier alpha value is -1.80. The zero-order valence-electron chi connectivity index (χ0n) is 13.7. The minimum Gasteiger partial charge on any atom is -0.508 e. The summed E-state index contributed by atoms with van der Waals surface area (Å²) in [5.74, 6) is 0.201. The van der Waals surface area contributed by atoms with Crippen LogP contribution >= 0.6 is 0 Å². The van der Waals surface area contributed by atoms with E-state index in [0.29, 0.717) is 26.2 Å². The SMILES string of the molecule is CS(=O)(=O)N1CCCC(NC(=O)N2CCc3ccc(O)cc3C2)C1. The second kappa shape index (κ2) is 6.60. The largest absolute Gasteiger partial charge is 0.508 e. The molecule has 0 aliphatic carbocycles. The molecule has 0 aromatic heterocycles. The van der Waals surface area contributed by atoms with E-state index in [0.717, 1.165) is 30.4 Å². The fourth-order valence-corrected chi connectivity index (χ4v) is 4.26. The van der Waals surface area contributed by atoms with Gasteiger partial charge >= 0.3 is 6.03 Å². The molecule has 1 aromatic carbocycles. The predicted molar refractivity (Wildman–Crippen MR) is 90.2 cm³/mol. The lowest BCUT2D eigenvalue weighted by atomic mass is 9.99. The number of urea groups is 1. The summed E-state index contributed by atoms with van der Waals surface area (Å²) >= 11 is 0. The number of aromatic hydroxyl groups is 1. The van der Waals surface area contributed by atoms with Crippen molar-refractivity contribution in [2.75, 3.05) is 25.9 Å². The Bertz CT molecular complexity index is 735. The van der Waals surface area contributed by atoms with Crippen molar-refractivity contribution >= 4 is 16.1 Å². The van der Waals surface area contributed by atoms with Crippen LogP contribution < -0.4 is 5.32 Å². The lowest BCUT2D eigenvalue weighted by Crippen LogP contribution is -2.53. The fraction of sp³-hybridized carbons (Fsp3) is 0.562. The standard InChI is InChI=1S/C16H23N3O4S/c1-24(22,23)19-7-2-3-14(11-19)17-16(21)18-8-6-12-4-5-15(20)9-13(12)10-18/h4-5,9,14,20H,2-3,6-8,10-11H2,1H3,(H,17,21). The lowest BCUT2D eigenvalue weighted by Gasteiger charge is -2.34. The number of hydrogen-bond acceptors (Lipinski definition) is 4. The number of nitrogens with one attached hydrogen (secondary N) is 1. The van der Waals surface area contributed by atoms with E-state index in [-0.39, 0.29) is 17.8 Å². The number of phenols is 1. The highest BCUT2D eigenvalue weighted by molar-refractivity contribution is 7.88. The maximum Gasteiger partial charge on any atom is 0.317 e. The van der Waals surface area contributed by atoms with Crippen LogP contribution in [0.15, 0.2) is 18.2 Å². The van der Waals surface area contributed by atoms with Crippen molar-refractivity contribution in [3.63, 3.8) is 0 Å². The molecule has 1 saturated heterocycles. The van der Waals surface area contributed by atoms with Gasteiger partial charge in [0.2, 0.25) is 10.0 Å². The van der Waals surface area contributed by atoms with Crippen LogP contribution in [0.1, 0.15) is 24.0 Å². The first-order valence-corrected chi connectivity index (χ1v) is 9.99. The summed E-state index contributed by atoms with van der Waals surface area (Å²) in [6.07, 6.45) is 3.48. The van der Waals surface area contributed by atoms with Gasteiger partial charge in [0.05, 0.1) is 6.26 Å². The molecule has 2 aliphatic heterocycles. The number of phenolic OH excluding ortho intramolecular Hbond substituents is 1. The van der Waals surface area contributed by atoms with E-state index >= 15 is 0 Å². The van der Waals surface area contributed by atoms with Gasteiger partial charge in [-0.25, -0.2) is 17.5 Å². The number of sulfonamides is 1. The Morgan fingerprint density at radius 3 is 2.83 bits per heavy atom. The molecule has 8 heteroatoms. The van der Waals surface area contributed by atoms with E-state index in [2.05, 4.69) is 5.32 Å². The Morgan fingerprint density at radius 1 is 1.29 bits per heavy atom. The van der Waals surface area contributed by atoms with Gasteiger partial charge in [-0.15, -0.1) is 0 Å². The van der Waals surface area contributed by atoms with Crippen LogP contribution in [-0.2, 0) is 23.0 Å². The third-order valence-corrected chi connectivity index (χ3v) is 5.94. The molecule has 2 aliphatic rings. The molecule has 24 heavy (non-hydrogen) atoms. The maximum atomic E-state index is 12.5. The number of rotatable bonds is 2. The summed E-state index contributed by atoms with van der Waals surface area (Å²) in [4.78, 5) is 14.2. The zero-order valence-corrected chi connectivity index (χ0v) is 14.6. The van der Waals surface area contributed by atoms with Crippen molar-refractivity contribution in [2.24, 2.45) is 0 Å². The van der Waals surface area contributed by atoms with Gasteiger partial charge in [-0.3, -0.25) is 0 Å². The highest BCUT2D eigenvalue weighted by Crippen LogP contribution is 2.23. The van der Waals surface area contributed by atoms with E-state index < -0.39 is 10.0 Å². The normalized spacial score (nSPS) is 22.0. The highest BCUT2D eigenvalue weighted by atomic mass is 32.2. The van der Waals surface area contributed by atoms with E-state index in [1.807, 2.05) is 6.07 Å². The first-order valence-electron chi connectivity index (χ1n) is 8.14. The third-order valence-electron chi connectivity index (χ3n) is 4.67. The molecule has 0 bridgehead atoms. The molecule has 1 atom stereocenters. The Kier molecular flexibility index (Phi) is 4.69. The van der Waals surface area contributed by atoms with E-state index in [1.165, 1.54) is 10.6 Å². The monoisotopic (exact) mass is 353 g/mol. The summed E-state index contributed by atoms with van der Waals surface area (Å²) in [5, 5.41) is 12.6. The van der Waals surface area contributed by atoms with Crippen LogP contribution in [0, 0.1) is 0 Å². The minimum atomic E-state index is -3.22. The second-order valence-corrected chi connectivity index (χ2v) is 8.52. The smallest absolute Gasteiger partial charge is 0.317 e. The molecular formula is C16H23N3O4S. The molecule has 132 valence electrons. The minimum absolute atomic E-state index is 0.161. The molecule has 2 N–H and O–H groups in total. The summed E-state index contributed by atoms with van der Waals surface area (Å²) in [6.45, 7) is 1.92. The maximum absolute atomic E-state index is 12.5. The van der Waals surface area contributed by atoms with Crippen molar-refractivity contribution in [3.8, 4) is 5.75 Å². The number of benzene rings is 1. The number of nitrogens with zero attached hydrogens (tertiary/aromatic N) is 2. The molecule has 0 saturated carbocycles. The van der Waals surface area contributed by atoms with Gasteiger partial charge in [0.25, 0.3) is 0 Å². The first-order chi connectivity index (χ1) is 11.3. The fourth-order valence-electron chi connectivity index (χ4n) is 3.34. The topological polar surface area (TPSA) is 90.0 Å². The molecule has 0 spiro atoms. The summed E-state index contributed by atoms with van der Waals surface area (Å²) in [5.41, 5.74) is 2.11. The lowest BCUT2D eigenvalue weighted by molar-refractivity contribution is 0.181. The molecular weight excluding hydrogens is 330 g/mol. The number of carbonyl (C=O) groups is 1. The summed E-state index contributed by atoms with van der Waals surface area (Å²) < 4.78 is 24.8. The number of hydrogen-bond donors (Lipinski definition) is 2. The van der Waals surface area contributed by atoms with Crippen LogP contribution in [0.4, 0.5) is 4.79 Å². The number of amides is 2. The summed E-state index contributed by atoms with van der Waals surface area (Å²) in [7, 11) is -3.22. The van der Waals surface area contributed by atoms with Crippen molar-refractivity contribution in [2.45, 2.75) is 31.8 Å². The van der Waals surface area contributed by atoms with Gasteiger partial charge in [-0.1, -0.05) is 6.07 Å². The van der Waals surface area contributed by atoms with Gasteiger partial charge in [0.15, 0.2) is 0 Å². The van der Waals surface area contributed by atoms with E-state index in [9.17, 15) is 18.3 Å². The predicted octanol–water partition coefficient (Wildman–Crippen LogP) is 0.884. The van der Waals surface area contributed by atoms with Crippen LogP contribution in [0.5, 0.6) is 5.75 Å². The molecule has 1 unspecified atom stereocenters. The Labute approximate surface area is 142 Å². The average Bonchev–Trinajstić information content (AvgIpc) is 2.53.